The highest BCUT2D eigenvalue weighted by molar-refractivity contribution is 5.57. The molecule has 2 saturated carbocycles. The normalized spacial score (nSPS) is 20.7. The third-order valence-electron chi connectivity index (χ3n) is 5.08. The molecule has 1 nitrogen and oxygen atoms in total. The van der Waals surface area contributed by atoms with Crippen molar-refractivity contribution in [3.8, 4) is 0 Å². The molecule has 1 aromatic rings. The maximum absolute atomic E-state index is 3.74. The summed E-state index contributed by atoms with van der Waals surface area (Å²) in [7, 11) is 0. The van der Waals surface area contributed by atoms with Crippen molar-refractivity contribution >= 4 is 6.08 Å². The molecule has 0 unspecified atom stereocenters. The molecular formula is C20H29N. The van der Waals surface area contributed by atoms with Crippen LogP contribution in [-0.4, -0.2) is 12.6 Å². The van der Waals surface area contributed by atoms with Gasteiger partial charge in [0.25, 0.3) is 0 Å². The summed E-state index contributed by atoms with van der Waals surface area (Å²) in [6.45, 7) is 3.36. The van der Waals surface area contributed by atoms with Gasteiger partial charge in [-0.3, -0.25) is 0 Å². The standard InChI is InChI=1S/C20H29N/c1-2-16-8-6-7-11-18(16)14-19(15-21-20-12-13-20)17-9-4-3-5-10-17/h6-8,11,14,17,20-21H,2-5,9-10,12-13,15H2,1H3/b19-14-. The Bertz CT molecular complexity index is 478. The van der Waals surface area contributed by atoms with E-state index in [2.05, 4.69) is 42.6 Å². The van der Waals surface area contributed by atoms with Crippen molar-refractivity contribution in [1.82, 2.24) is 5.32 Å². The highest BCUT2D eigenvalue weighted by Crippen LogP contribution is 2.31. The fraction of sp³-hybridized carbons (Fsp3) is 0.600. The van der Waals surface area contributed by atoms with Gasteiger partial charge in [0, 0.05) is 12.6 Å². The minimum Gasteiger partial charge on any atom is -0.310 e. The zero-order valence-electron chi connectivity index (χ0n) is 13.4. The number of rotatable bonds is 6. The van der Waals surface area contributed by atoms with E-state index in [1.807, 2.05) is 0 Å². The molecule has 0 spiro atoms. The zero-order valence-corrected chi connectivity index (χ0v) is 13.4. The molecule has 1 heteroatoms. The Balaban J connectivity index is 1.79. The molecule has 1 aromatic carbocycles. The number of hydrogen-bond acceptors (Lipinski definition) is 1. The van der Waals surface area contributed by atoms with Gasteiger partial charge in [0.15, 0.2) is 0 Å². The molecule has 2 aliphatic rings. The number of nitrogens with one attached hydrogen (secondary N) is 1. The third kappa shape index (κ3) is 4.20. The Labute approximate surface area is 129 Å². The molecule has 2 fully saturated rings. The quantitative estimate of drug-likeness (QED) is 0.777. The molecule has 21 heavy (non-hydrogen) atoms. The maximum Gasteiger partial charge on any atom is 0.0173 e. The van der Waals surface area contributed by atoms with Crippen LogP contribution in [0.15, 0.2) is 29.8 Å². The molecule has 0 saturated heterocycles. The van der Waals surface area contributed by atoms with Crippen LogP contribution in [0.4, 0.5) is 0 Å². The van der Waals surface area contributed by atoms with E-state index in [1.54, 1.807) is 5.57 Å². The third-order valence-corrected chi connectivity index (χ3v) is 5.08. The summed E-state index contributed by atoms with van der Waals surface area (Å²) in [5.74, 6) is 0.815. The second-order valence-corrected chi connectivity index (χ2v) is 6.76. The van der Waals surface area contributed by atoms with E-state index in [1.165, 1.54) is 56.1 Å². The molecule has 0 aromatic heterocycles. The maximum atomic E-state index is 3.74. The van der Waals surface area contributed by atoms with Crippen LogP contribution >= 0.6 is 0 Å². The van der Waals surface area contributed by atoms with E-state index in [0.717, 1.165) is 24.9 Å². The van der Waals surface area contributed by atoms with E-state index in [-0.39, 0.29) is 0 Å². The number of aryl methyl sites for hydroxylation is 1. The van der Waals surface area contributed by atoms with Crippen LogP contribution in [0.1, 0.15) is 63.0 Å². The second-order valence-electron chi connectivity index (χ2n) is 6.76. The van der Waals surface area contributed by atoms with Gasteiger partial charge in [-0.25, -0.2) is 0 Å². The molecule has 114 valence electrons. The van der Waals surface area contributed by atoms with Gasteiger partial charge in [-0.1, -0.05) is 62.1 Å². The van der Waals surface area contributed by atoms with Crippen molar-refractivity contribution in [2.75, 3.05) is 6.54 Å². The smallest absolute Gasteiger partial charge is 0.0173 e. The summed E-state index contributed by atoms with van der Waals surface area (Å²) in [6.07, 6.45) is 13.4. The van der Waals surface area contributed by atoms with Crippen molar-refractivity contribution in [3.63, 3.8) is 0 Å². The largest absolute Gasteiger partial charge is 0.310 e. The summed E-state index contributed by atoms with van der Waals surface area (Å²) in [5, 5.41) is 3.74. The minimum absolute atomic E-state index is 0.804. The Hall–Kier alpha value is -1.08. The molecule has 0 aliphatic heterocycles. The number of benzene rings is 1. The minimum atomic E-state index is 0.804. The molecule has 0 amide bonds. The summed E-state index contributed by atoms with van der Waals surface area (Å²) in [4.78, 5) is 0. The second kappa shape index (κ2) is 7.26. The van der Waals surface area contributed by atoms with Crippen LogP contribution in [0.3, 0.4) is 0 Å². The van der Waals surface area contributed by atoms with Crippen molar-refractivity contribution < 1.29 is 0 Å². The highest BCUT2D eigenvalue weighted by Gasteiger charge is 2.23. The lowest BCUT2D eigenvalue weighted by molar-refractivity contribution is 0.396. The lowest BCUT2D eigenvalue weighted by Crippen LogP contribution is -2.24. The van der Waals surface area contributed by atoms with E-state index < -0.39 is 0 Å². The van der Waals surface area contributed by atoms with Gasteiger partial charge in [-0.2, -0.15) is 0 Å². The molecule has 0 heterocycles. The van der Waals surface area contributed by atoms with Crippen molar-refractivity contribution in [2.24, 2.45) is 5.92 Å². The first-order valence-electron chi connectivity index (χ1n) is 8.88. The SMILES string of the molecule is CCc1ccccc1/C=C(/CNC1CC1)C1CCCCC1. The van der Waals surface area contributed by atoms with Gasteiger partial charge in [0.1, 0.15) is 0 Å². The summed E-state index contributed by atoms with van der Waals surface area (Å²) in [6, 6.07) is 9.71. The molecule has 2 aliphatic carbocycles. The summed E-state index contributed by atoms with van der Waals surface area (Å²) in [5.41, 5.74) is 4.58. The van der Waals surface area contributed by atoms with Crippen LogP contribution in [0.5, 0.6) is 0 Å². The summed E-state index contributed by atoms with van der Waals surface area (Å²) < 4.78 is 0. The molecule has 3 rings (SSSR count). The van der Waals surface area contributed by atoms with Crippen molar-refractivity contribution in [3.05, 3.63) is 41.0 Å². The summed E-state index contributed by atoms with van der Waals surface area (Å²) >= 11 is 0. The fourth-order valence-corrected chi connectivity index (χ4v) is 3.53. The van der Waals surface area contributed by atoms with Gasteiger partial charge in [0.05, 0.1) is 0 Å². The lowest BCUT2D eigenvalue weighted by Gasteiger charge is -2.25. The Morgan fingerprint density at radius 1 is 1.10 bits per heavy atom. The average Bonchev–Trinajstić information content (AvgIpc) is 3.37. The average molecular weight is 283 g/mol. The Morgan fingerprint density at radius 2 is 1.86 bits per heavy atom. The van der Waals surface area contributed by atoms with Gasteiger partial charge < -0.3 is 5.32 Å². The van der Waals surface area contributed by atoms with Crippen molar-refractivity contribution in [2.45, 2.75) is 64.3 Å². The van der Waals surface area contributed by atoms with E-state index in [4.69, 9.17) is 0 Å². The van der Waals surface area contributed by atoms with E-state index in [9.17, 15) is 0 Å². The van der Waals surface area contributed by atoms with Crippen LogP contribution in [0, 0.1) is 5.92 Å². The highest BCUT2D eigenvalue weighted by atomic mass is 14.9. The molecule has 0 radical (unpaired) electrons. The van der Waals surface area contributed by atoms with Gasteiger partial charge >= 0.3 is 0 Å². The van der Waals surface area contributed by atoms with Crippen LogP contribution in [0.2, 0.25) is 0 Å². The molecule has 1 N–H and O–H groups in total. The topological polar surface area (TPSA) is 12.0 Å². The Kier molecular flexibility index (Phi) is 5.13. The Morgan fingerprint density at radius 3 is 2.57 bits per heavy atom. The molecule has 0 atom stereocenters. The van der Waals surface area contributed by atoms with Crippen LogP contribution in [0.25, 0.3) is 6.08 Å². The van der Waals surface area contributed by atoms with Crippen LogP contribution in [-0.2, 0) is 6.42 Å². The number of hydrogen-bond donors (Lipinski definition) is 1. The first-order valence-corrected chi connectivity index (χ1v) is 8.88. The van der Waals surface area contributed by atoms with Gasteiger partial charge in [-0.15, -0.1) is 0 Å². The van der Waals surface area contributed by atoms with Crippen molar-refractivity contribution in [1.29, 1.82) is 0 Å². The molecular weight excluding hydrogens is 254 g/mol. The fourth-order valence-electron chi connectivity index (χ4n) is 3.53. The predicted molar refractivity (Wildman–Crippen MR) is 91.4 cm³/mol. The predicted octanol–water partition coefficient (Wildman–Crippen LogP) is 4.96. The monoisotopic (exact) mass is 283 g/mol. The van der Waals surface area contributed by atoms with E-state index >= 15 is 0 Å². The van der Waals surface area contributed by atoms with Gasteiger partial charge in [-0.05, 0) is 49.1 Å². The van der Waals surface area contributed by atoms with Crippen LogP contribution < -0.4 is 5.32 Å². The first-order chi connectivity index (χ1) is 10.4. The van der Waals surface area contributed by atoms with Gasteiger partial charge in [0.2, 0.25) is 0 Å². The lowest BCUT2D eigenvalue weighted by atomic mass is 9.82. The zero-order chi connectivity index (χ0) is 14.5. The molecule has 0 bridgehead atoms. The first kappa shape index (κ1) is 14.8. The van der Waals surface area contributed by atoms with E-state index in [0.29, 0.717) is 0 Å².